The van der Waals surface area contributed by atoms with Gasteiger partial charge in [-0.3, -0.25) is 9.59 Å². The molecule has 1 N–H and O–H groups in total. The first-order chi connectivity index (χ1) is 15.0. The molecule has 1 aromatic carbocycles. The minimum absolute atomic E-state index is 0.0255. The van der Waals surface area contributed by atoms with Crippen molar-refractivity contribution >= 4 is 17.5 Å². The van der Waals surface area contributed by atoms with E-state index in [9.17, 15) is 14.0 Å². The van der Waals surface area contributed by atoms with Crippen molar-refractivity contribution in [1.29, 1.82) is 0 Å². The average molecular weight is 426 g/mol. The van der Waals surface area contributed by atoms with Crippen LogP contribution in [0.5, 0.6) is 5.88 Å². The summed E-state index contributed by atoms with van der Waals surface area (Å²) < 4.78 is 20.7. The van der Waals surface area contributed by atoms with Crippen LogP contribution in [0.15, 0.2) is 36.4 Å². The van der Waals surface area contributed by atoms with Crippen LogP contribution < -0.4 is 10.1 Å². The molecule has 0 bridgehead atoms. The number of likely N-dealkylation sites (tertiary alicyclic amines) is 1. The molecule has 2 amide bonds. The Morgan fingerprint density at radius 2 is 2.00 bits per heavy atom. The van der Waals surface area contributed by atoms with Gasteiger partial charge in [0.05, 0.1) is 6.54 Å². The van der Waals surface area contributed by atoms with Gasteiger partial charge in [0.15, 0.2) is 11.5 Å². The summed E-state index contributed by atoms with van der Waals surface area (Å²) in [5.41, 5.74) is 1.07. The fourth-order valence-electron chi connectivity index (χ4n) is 3.59. The van der Waals surface area contributed by atoms with Gasteiger partial charge >= 0.3 is 0 Å². The zero-order valence-corrected chi connectivity index (χ0v) is 17.1. The predicted octanol–water partition coefficient (Wildman–Crippen LogP) is 1.68. The van der Waals surface area contributed by atoms with E-state index in [1.807, 2.05) is 0 Å². The lowest BCUT2D eigenvalue weighted by atomic mass is 9.96. The van der Waals surface area contributed by atoms with Gasteiger partial charge in [-0.1, -0.05) is 12.1 Å². The summed E-state index contributed by atoms with van der Waals surface area (Å²) in [5, 5.41) is 15.4. The molecule has 0 aliphatic carbocycles. The first-order valence-electron chi connectivity index (χ1n) is 10.2. The fourth-order valence-corrected chi connectivity index (χ4v) is 3.59. The summed E-state index contributed by atoms with van der Waals surface area (Å²) in [6, 6.07) is 9.42. The van der Waals surface area contributed by atoms with Crippen molar-refractivity contribution in [1.82, 2.24) is 30.0 Å². The lowest BCUT2D eigenvalue weighted by Gasteiger charge is -2.30. The number of nitrogens with one attached hydrogen (secondary N) is 1. The van der Waals surface area contributed by atoms with Gasteiger partial charge in [-0.25, -0.2) is 4.39 Å². The van der Waals surface area contributed by atoms with E-state index in [1.54, 1.807) is 36.1 Å². The number of fused-ring (bicyclic) bond motifs is 1. The number of nitrogens with zero attached hydrogens (tertiary/aromatic N) is 5. The SMILES string of the molecule is CC(=O)N1CCC(C(=O)NCCOc2ccc3nnc(-c4cccc(F)c4)n3n2)CC1. The summed E-state index contributed by atoms with van der Waals surface area (Å²) in [4.78, 5) is 25.5. The molecule has 2 aromatic heterocycles. The molecule has 9 nitrogen and oxygen atoms in total. The van der Waals surface area contributed by atoms with Crippen molar-refractivity contribution in [3.63, 3.8) is 0 Å². The number of hydrogen-bond acceptors (Lipinski definition) is 6. The molecular weight excluding hydrogens is 403 g/mol. The Labute approximate surface area is 178 Å². The zero-order valence-electron chi connectivity index (χ0n) is 17.1. The van der Waals surface area contributed by atoms with Crippen molar-refractivity contribution < 1.29 is 18.7 Å². The van der Waals surface area contributed by atoms with E-state index in [4.69, 9.17) is 4.74 Å². The van der Waals surface area contributed by atoms with Crippen LogP contribution in [0.4, 0.5) is 4.39 Å². The summed E-state index contributed by atoms with van der Waals surface area (Å²) in [6.45, 7) is 3.35. The summed E-state index contributed by atoms with van der Waals surface area (Å²) in [6.07, 6.45) is 1.34. The number of amides is 2. The third kappa shape index (κ3) is 4.79. The number of halogens is 1. The van der Waals surface area contributed by atoms with Crippen LogP contribution in [0.3, 0.4) is 0 Å². The van der Waals surface area contributed by atoms with E-state index < -0.39 is 0 Å². The molecule has 0 radical (unpaired) electrons. The van der Waals surface area contributed by atoms with E-state index in [1.165, 1.54) is 16.6 Å². The first-order valence-corrected chi connectivity index (χ1v) is 10.2. The van der Waals surface area contributed by atoms with E-state index in [0.29, 0.717) is 55.4 Å². The molecule has 162 valence electrons. The molecular formula is C21H23FN6O3. The van der Waals surface area contributed by atoms with E-state index in [2.05, 4.69) is 20.6 Å². The Morgan fingerprint density at radius 1 is 1.19 bits per heavy atom. The molecule has 1 aliphatic rings. The Balaban J connectivity index is 1.31. The Morgan fingerprint density at radius 3 is 2.74 bits per heavy atom. The molecule has 0 unspecified atom stereocenters. The Kier molecular flexibility index (Phi) is 6.06. The van der Waals surface area contributed by atoms with Crippen LogP contribution in [0, 0.1) is 11.7 Å². The number of benzene rings is 1. The van der Waals surface area contributed by atoms with Crippen molar-refractivity contribution in [2.45, 2.75) is 19.8 Å². The van der Waals surface area contributed by atoms with Gasteiger partial charge in [-0.15, -0.1) is 15.3 Å². The van der Waals surface area contributed by atoms with E-state index in [0.717, 1.165) is 0 Å². The molecule has 3 heterocycles. The second-order valence-corrected chi connectivity index (χ2v) is 7.40. The van der Waals surface area contributed by atoms with Gasteiger partial charge in [-0.05, 0) is 31.0 Å². The molecule has 1 aliphatic heterocycles. The van der Waals surface area contributed by atoms with Crippen LogP contribution >= 0.6 is 0 Å². The van der Waals surface area contributed by atoms with Crippen molar-refractivity contribution in [3.8, 4) is 17.3 Å². The Bertz CT molecular complexity index is 1090. The number of hydrogen-bond donors (Lipinski definition) is 1. The molecule has 0 saturated carbocycles. The third-order valence-electron chi connectivity index (χ3n) is 5.28. The maximum atomic E-state index is 13.5. The fraction of sp³-hybridized carbons (Fsp3) is 0.381. The van der Waals surface area contributed by atoms with Crippen LogP contribution in [-0.2, 0) is 9.59 Å². The number of aromatic nitrogens is 4. The largest absolute Gasteiger partial charge is 0.475 e. The minimum Gasteiger partial charge on any atom is -0.475 e. The number of piperidine rings is 1. The number of rotatable bonds is 6. The van der Waals surface area contributed by atoms with Crippen LogP contribution in [-0.4, -0.2) is 62.8 Å². The smallest absolute Gasteiger partial charge is 0.231 e. The molecule has 10 heteroatoms. The second kappa shape index (κ2) is 9.07. The van der Waals surface area contributed by atoms with Gasteiger partial charge in [-0.2, -0.15) is 4.52 Å². The van der Waals surface area contributed by atoms with Crippen LogP contribution in [0.25, 0.3) is 17.0 Å². The summed E-state index contributed by atoms with van der Waals surface area (Å²) >= 11 is 0. The predicted molar refractivity (Wildman–Crippen MR) is 110 cm³/mol. The quantitative estimate of drug-likeness (QED) is 0.602. The van der Waals surface area contributed by atoms with Crippen LogP contribution in [0.2, 0.25) is 0 Å². The minimum atomic E-state index is -0.371. The van der Waals surface area contributed by atoms with Gasteiger partial charge in [0.1, 0.15) is 12.4 Å². The van der Waals surface area contributed by atoms with Gasteiger partial charge in [0.2, 0.25) is 17.7 Å². The first kappa shape index (κ1) is 20.7. The van der Waals surface area contributed by atoms with Crippen molar-refractivity contribution in [2.75, 3.05) is 26.2 Å². The van der Waals surface area contributed by atoms with E-state index in [-0.39, 0.29) is 30.2 Å². The average Bonchev–Trinajstić information content (AvgIpc) is 3.20. The van der Waals surface area contributed by atoms with Crippen molar-refractivity contribution in [2.24, 2.45) is 5.92 Å². The highest BCUT2D eigenvalue weighted by Crippen LogP contribution is 2.20. The normalized spacial score (nSPS) is 14.6. The third-order valence-corrected chi connectivity index (χ3v) is 5.28. The lowest BCUT2D eigenvalue weighted by Crippen LogP contribution is -2.42. The number of carbonyl (C=O) groups excluding carboxylic acids is 2. The monoisotopic (exact) mass is 426 g/mol. The van der Waals surface area contributed by atoms with Gasteiger partial charge in [0, 0.05) is 37.6 Å². The molecule has 0 atom stereocenters. The summed E-state index contributed by atoms with van der Waals surface area (Å²) in [5.74, 6) is 0.312. The molecule has 3 aromatic rings. The zero-order chi connectivity index (χ0) is 21.8. The lowest BCUT2D eigenvalue weighted by molar-refractivity contribution is -0.133. The number of carbonyl (C=O) groups is 2. The molecule has 1 fully saturated rings. The highest BCUT2D eigenvalue weighted by atomic mass is 19.1. The molecule has 4 rings (SSSR count). The molecule has 0 spiro atoms. The van der Waals surface area contributed by atoms with Crippen molar-refractivity contribution in [3.05, 3.63) is 42.2 Å². The molecule has 1 saturated heterocycles. The maximum Gasteiger partial charge on any atom is 0.231 e. The van der Waals surface area contributed by atoms with Gasteiger partial charge < -0.3 is 15.0 Å². The second-order valence-electron chi connectivity index (χ2n) is 7.40. The highest BCUT2D eigenvalue weighted by Gasteiger charge is 2.25. The van der Waals surface area contributed by atoms with E-state index >= 15 is 0 Å². The van der Waals surface area contributed by atoms with Crippen LogP contribution in [0.1, 0.15) is 19.8 Å². The maximum absolute atomic E-state index is 13.5. The summed E-state index contributed by atoms with van der Waals surface area (Å²) in [7, 11) is 0. The number of ether oxygens (including phenoxy) is 1. The standard InChI is InChI=1S/C21H23FN6O3/c1-14(29)27-10-7-15(8-11-27)21(30)23-9-12-31-19-6-5-18-24-25-20(28(18)26-19)16-3-2-4-17(22)13-16/h2-6,13,15H,7-12H2,1H3,(H,23,30). The van der Waals surface area contributed by atoms with Gasteiger partial charge in [0.25, 0.3) is 0 Å². The Hall–Kier alpha value is -3.56. The highest BCUT2D eigenvalue weighted by molar-refractivity contribution is 5.79. The topological polar surface area (TPSA) is 102 Å². The molecule has 31 heavy (non-hydrogen) atoms.